The van der Waals surface area contributed by atoms with Gasteiger partial charge in [0.2, 0.25) is 11.5 Å². The number of allylic oxidation sites excluding steroid dienone is 6. The van der Waals surface area contributed by atoms with E-state index in [1.165, 1.54) is 22.0 Å². The Morgan fingerprint density at radius 1 is 1.11 bits per heavy atom. The molecule has 0 spiro atoms. The molecule has 0 saturated carbocycles. The molecule has 1 aromatic heterocycles. The molecule has 0 fully saturated rings. The number of rotatable bonds is 11. The summed E-state index contributed by atoms with van der Waals surface area (Å²) in [6.45, 7) is 34.7. The van der Waals surface area contributed by atoms with Crippen molar-refractivity contribution in [3.8, 4) is 18.3 Å². The second-order valence-corrected chi connectivity index (χ2v) is 14.7. The molecule has 286 valence electrons. The van der Waals surface area contributed by atoms with Crippen LogP contribution in [-0.2, 0) is 16.7 Å². The third kappa shape index (κ3) is 7.67. The summed E-state index contributed by atoms with van der Waals surface area (Å²) in [5.74, 6) is 0.0470. The van der Waals surface area contributed by atoms with E-state index in [1.807, 2.05) is 50.3 Å². The van der Waals surface area contributed by atoms with E-state index in [0.717, 1.165) is 34.6 Å². The van der Waals surface area contributed by atoms with E-state index in [2.05, 4.69) is 93.0 Å². The molecular formula is C45H42N8O4. The van der Waals surface area contributed by atoms with Crippen molar-refractivity contribution in [3.05, 3.63) is 186 Å². The predicted molar refractivity (Wildman–Crippen MR) is 219 cm³/mol. The lowest BCUT2D eigenvalue weighted by atomic mass is 9.78. The molecule has 2 aliphatic heterocycles. The van der Waals surface area contributed by atoms with E-state index in [1.54, 1.807) is 6.20 Å². The number of aromatic nitrogens is 2. The Kier molecular flexibility index (Phi) is 11.2. The Hall–Kier alpha value is -7.28. The van der Waals surface area contributed by atoms with Gasteiger partial charge in [0.1, 0.15) is 43.0 Å². The highest BCUT2D eigenvalue weighted by Gasteiger charge is 2.42. The van der Waals surface area contributed by atoms with Crippen LogP contribution in [0.15, 0.2) is 131 Å². The summed E-state index contributed by atoms with van der Waals surface area (Å²) < 4.78 is 12.9. The van der Waals surface area contributed by atoms with Gasteiger partial charge in [0.25, 0.3) is 0 Å². The van der Waals surface area contributed by atoms with Gasteiger partial charge >= 0.3 is 11.8 Å². The maximum Gasteiger partial charge on any atom is 0.550 e. The molecule has 2 aromatic carbocycles. The van der Waals surface area contributed by atoms with E-state index in [4.69, 9.17) is 35.6 Å². The van der Waals surface area contributed by atoms with Crippen LogP contribution in [0.2, 0.25) is 0 Å². The van der Waals surface area contributed by atoms with Gasteiger partial charge in [0.15, 0.2) is 0 Å². The van der Waals surface area contributed by atoms with Crippen LogP contribution in [0.3, 0.4) is 0 Å². The largest absolute Gasteiger partial charge is 0.550 e. The minimum absolute atomic E-state index is 0.0161. The number of likely N-dealkylation sites (N-methyl/N-ethyl adjacent to an activating group) is 1. The highest BCUT2D eigenvalue weighted by Crippen LogP contribution is 2.48. The highest BCUT2D eigenvalue weighted by molar-refractivity contribution is 5.71. The van der Waals surface area contributed by atoms with E-state index in [-0.39, 0.29) is 41.1 Å². The van der Waals surface area contributed by atoms with Gasteiger partial charge in [-0.05, 0) is 91.0 Å². The fraction of sp³-hybridized carbons (Fsp3) is 0.289. The van der Waals surface area contributed by atoms with E-state index in [0.29, 0.717) is 30.7 Å². The maximum absolute atomic E-state index is 11.7. The summed E-state index contributed by atoms with van der Waals surface area (Å²) in [6.07, 6.45) is 20.1. The molecule has 6 rings (SSSR count). The van der Waals surface area contributed by atoms with Crippen molar-refractivity contribution in [1.29, 1.82) is 0 Å². The zero-order valence-electron chi connectivity index (χ0n) is 32.5. The number of ether oxygens (including phenoxy) is 2. The average molecular weight is 759 g/mol. The van der Waals surface area contributed by atoms with Crippen LogP contribution in [0.5, 0.6) is 5.75 Å². The Morgan fingerprint density at radius 3 is 2.51 bits per heavy atom. The van der Waals surface area contributed by atoms with Gasteiger partial charge in [-0.1, -0.05) is 73.8 Å². The summed E-state index contributed by atoms with van der Waals surface area (Å²) in [6, 6.07) is 16.2. The van der Waals surface area contributed by atoms with Gasteiger partial charge in [-0.3, -0.25) is 0 Å². The van der Waals surface area contributed by atoms with E-state index < -0.39 is 10.5 Å². The lowest BCUT2D eigenvalue weighted by Crippen LogP contribution is -2.27. The van der Waals surface area contributed by atoms with Crippen molar-refractivity contribution >= 4 is 11.6 Å². The van der Waals surface area contributed by atoms with Crippen molar-refractivity contribution < 1.29 is 14.4 Å². The molecule has 3 aliphatic rings. The number of hydrogen-bond donors (Lipinski definition) is 1. The van der Waals surface area contributed by atoms with Gasteiger partial charge in [-0.15, -0.1) is 0 Å². The van der Waals surface area contributed by atoms with Gasteiger partial charge in [-0.2, -0.15) is 9.69 Å². The molecule has 3 aromatic rings. The first-order chi connectivity index (χ1) is 27.4. The number of nitro groups is 1. The smallest absolute Gasteiger partial charge is 0.499 e. The number of para-hydroxylation sites is 1. The lowest BCUT2D eigenvalue weighted by Gasteiger charge is -2.31. The Balaban J connectivity index is 1.52. The molecule has 0 saturated heterocycles. The number of hydrogen-bond acceptors (Lipinski definition) is 7. The van der Waals surface area contributed by atoms with Crippen LogP contribution in [0.1, 0.15) is 64.5 Å². The van der Waals surface area contributed by atoms with E-state index >= 15 is 0 Å². The van der Waals surface area contributed by atoms with Gasteiger partial charge < -0.3 is 29.8 Å². The van der Waals surface area contributed by atoms with Crippen LogP contribution < -0.4 is 15.0 Å². The zero-order valence-corrected chi connectivity index (χ0v) is 32.5. The van der Waals surface area contributed by atoms with Crippen molar-refractivity contribution in [3.63, 3.8) is 0 Å². The minimum atomic E-state index is -0.989. The van der Waals surface area contributed by atoms with Crippen molar-refractivity contribution in [2.24, 2.45) is 0 Å². The molecule has 0 bridgehead atoms. The van der Waals surface area contributed by atoms with Crippen molar-refractivity contribution in [2.75, 3.05) is 18.0 Å². The quantitative estimate of drug-likeness (QED) is 0.0899. The molecule has 3 heterocycles. The first kappa shape index (κ1) is 39.4. The number of benzene rings is 2. The SMILES string of the molecule is [C-]#[N+]C([N+]#[C-])=C1OC(C)(C)C(/C=C/C2=C(NCCn3ccnc3[N+](=O)[O-])C(=C/C=C3\N(CC)c4ccccc4C3(C)C)/CC(c3ccc(OC#C)cc3)C2)=C1[N+]#[C-]. The minimum Gasteiger partial charge on any atom is -0.499 e. The van der Waals surface area contributed by atoms with Crippen LogP contribution in [-0.4, -0.2) is 33.2 Å². The topological polar surface area (TPSA) is 108 Å². The second-order valence-electron chi connectivity index (χ2n) is 14.7. The molecule has 0 amide bonds. The number of fused-ring (bicyclic) bond motifs is 1. The summed E-state index contributed by atoms with van der Waals surface area (Å²) >= 11 is 0. The third-order valence-electron chi connectivity index (χ3n) is 10.6. The first-order valence-corrected chi connectivity index (χ1v) is 18.5. The van der Waals surface area contributed by atoms with Gasteiger partial charge in [0, 0.05) is 41.2 Å². The van der Waals surface area contributed by atoms with Gasteiger partial charge in [-0.25, -0.2) is 9.41 Å². The zero-order chi connectivity index (χ0) is 40.9. The maximum atomic E-state index is 11.7. The normalized spacial score (nSPS) is 19.5. The molecule has 1 N–H and O–H groups in total. The summed E-state index contributed by atoms with van der Waals surface area (Å²) in [5.41, 5.74) is 6.92. The van der Waals surface area contributed by atoms with Crippen molar-refractivity contribution in [1.82, 2.24) is 14.9 Å². The summed E-state index contributed by atoms with van der Waals surface area (Å²) in [4.78, 5) is 27.8. The molecule has 1 aliphatic carbocycles. The Labute approximate surface area is 333 Å². The number of nitrogens with one attached hydrogen (secondary N) is 1. The molecule has 12 heteroatoms. The molecular weight excluding hydrogens is 717 g/mol. The fourth-order valence-electron chi connectivity index (χ4n) is 7.88. The number of nitrogens with zero attached hydrogens (tertiary/aromatic N) is 7. The van der Waals surface area contributed by atoms with Crippen LogP contribution >= 0.6 is 0 Å². The Bertz CT molecular complexity index is 2450. The van der Waals surface area contributed by atoms with Crippen LogP contribution in [0, 0.1) is 42.4 Å². The molecule has 57 heavy (non-hydrogen) atoms. The standard InChI is InChI=1S/C45H42N8O4/c1-10-52-37-15-13-12-14-35(37)44(3,4)38(52)23-19-32-29-33(30-16-20-34(21-17-30)56-11-2)28-31(39(32)49-24-26-51-27-25-50-43(51)53(54)55)18-22-36-40(46-7)41(42(47-8)48-9)57-45(36,5)6/h2,12-23,25,27,33,49H,10,24,26,28-29H2,1,3-6H3/b22-18+,32-19+,38-23-. The average Bonchev–Trinajstić information content (AvgIpc) is 3.84. The van der Waals surface area contributed by atoms with Crippen LogP contribution in [0.4, 0.5) is 11.6 Å². The summed E-state index contributed by atoms with van der Waals surface area (Å²) in [5, 5.41) is 15.3. The monoisotopic (exact) mass is 758 g/mol. The Morgan fingerprint density at radius 2 is 1.84 bits per heavy atom. The highest BCUT2D eigenvalue weighted by atomic mass is 16.6. The third-order valence-corrected chi connectivity index (χ3v) is 10.6. The first-order valence-electron chi connectivity index (χ1n) is 18.5. The van der Waals surface area contributed by atoms with Crippen LogP contribution in [0.25, 0.3) is 14.5 Å². The fourth-order valence-corrected chi connectivity index (χ4v) is 7.88. The molecule has 1 atom stereocenters. The lowest BCUT2D eigenvalue weighted by molar-refractivity contribution is -0.396. The van der Waals surface area contributed by atoms with Crippen molar-refractivity contribution in [2.45, 2.75) is 70.9 Å². The number of imidazole rings is 1. The second kappa shape index (κ2) is 16.2. The number of terminal acetylenes is 1. The predicted octanol–water partition coefficient (Wildman–Crippen LogP) is 9.36. The molecule has 0 radical (unpaired) electrons. The van der Waals surface area contributed by atoms with E-state index in [9.17, 15) is 10.1 Å². The number of anilines is 1. The van der Waals surface area contributed by atoms with Gasteiger partial charge in [0.05, 0.1) is 13.1 Å². The summed E-state index contributed by atoms with van der Waals surface area (Å²) in [7, 11) is 0. The molecule has 1 unspecified atom stereocenters. The molecule has 12 nitrogen and oxygen atoms in total.